The van der Waals surface area contributed by atoms with Crippen molar-refractivity contribution in [1.29, 1.82) is 0 Å². The summed E-state index contributed by atoms with van der Waals surface area (Å²) in [5.41, 5.74) is -0.0323. The summed E-state index contributed by atoms with van der Waals surface area (Å²) in [6.07, 6.45) is 8.76. The van der Waals surface area contributed by atoms with E-state index in [2.05, 4.69) is 23.7 Å². The first-order valence-electron chi connectivity index (χ1n) is 7.53. The molecule has 4 heteroatoms. The van der Waals surface area contributed by atoms with Crippen molar-refractivity contribution in [2.24, 2.45) is 7.05 Å². The summed E-state index contributed by atoms with van der Waals surface area (Å²) in [5.74, 6) is 0.978. The summed E-state index contributed by atoms with van der Waals surface area (Å²) >= 11 is 0. The quantitative estimate of drug-likeness (QED) is 0.855. The maximum absolute atomic E-state index is 10.8. The number of imidazole rings is 1. The van der Waals surface area contributed by atoms with Gasteiger partial charge in [0.05, 0.1) is 6.10 Å². The third-order valence-corrected chi connectivity index (χ3v) is 4.78. The van der Waals surface area contributed by atoms with Gasteiger partial charge in [0.15, 0.2) is 0 Å². The van der Waals surface area contributed by atoms with E-state index >= 15 is 0 Å². The predicted octanol–water partition coefficient (Wildman–Crippen LogP) is 1.98. The third kappa shape index (κ3) is 2.70. The van der Waals surface area contributed by atoms with Crippen LogP contribution in [0.2, 0.25) is 0 Å². The predicted molar refractivity (Wildman–Crippen MR) is 77.0 cm³/mol. The Morgan fingerprint density at radius 2 is 2.00 bits per heavy atom. The van der Waals surface area contributed by atoms with E-state index in [4.69, 9.17) is 0 Å². The fraction of sp³-hybridized carbons (Fsp3) is 0.800. The topological polar surface area (TPSA) is 41.3 Å². The summed E-state index contributed by atoms with van der Waals surface area (Å²) in [6, 6.07) is 0. The number of aryl methyl sites for hydroxylation is 1. The Morgan fingerprint density at radius 3 is 2.47 bits per heavy atom. The van der Waals surface area contributed by atoms with Crippen LogP contribution in [-0.4, -0.2) is 44.3 Å². The first-order valence-corrected chi connectivity index (χ1v) is 7.53. The van der Waals surface area contributed by atoms with Gasteiger partial charge in [-0.2, -0.15) is 0 Å². The summed E-state index contributed by atoms with van der Waals surface area (Å²) in [6.45, 7) is 6.40. The van der Waals surface area contributed by atoms with Gasteiger partial charge < -0.3 is 9.67 Å². The standard InChI is InChI=1S/C15H27N3O/c1-4-18(5-2)15(8-6-7-9-15)13(19)12-14-16-10-11-17(14)3/h10-11,13,19H,4-9,12H2,1-3H3. The molecule has 1 fully saturated rings. The molecule has 0 saturated heterocycles. The van der Waals surface area contributed by atoms with Crippen molar-refractivity contribution in [3.8, 4) is 0 Å². The highest BCUT2D eigenvalue weighted by Gasteiger charge is 2.44. The molecule has 1 unspecified atom stereocenters. The molecule has 1 aliphatic carbocycles. The number of aliphatic hydroxyl groups is 1. The van der Waals surface area contributed by atoms with E-state index in [-0.39, 0.29) is 11.6 Å². The summed E-state index contributed by atoms with van der Waals surface area (Å²) in [4.78, 5) is 6.81. The van der Waals surface area contributed by atoms with Gasteiger partial charge in [-0.1, -0.05) is 26.7 Å². The molecule has 0 amide bonds. The van der Waals surface area contributed by atoms with Crippen LogP contribution in [0.25, 0.3) is 0 Å². The molecule has 1 atom stereocenters. The first-order chi connectivity index (χ1) is 9.14. The summed E-state index contributed by atoms with van der Waals surface area (Å²) in [5, 5.41) is 10.8. The molecule has 19 heavy (non-hydrogen) atoms. The highest BCUT2D eigenvalue weighted by atomic mass is 16.3. The number of aliphatic hydroxyl groups excluding tert-OH is 1. The zero-order chi connectivity index (χ0) is 13.9. The number of nitrogens with zero attached hydrogens (tertiary/aromatic N) is 3. The van der Waals surface area contributed by atoms with E-state index in [1.807, 2.05) is 17.8 Å². The van der Waals surface area contributed by atoms with E-state index in [1.54, 1.807) is 6.20 Å². The second-order valence-corrected chi connectivity index (χ2v) is 5.66. The number of aromatic nitrogens is 2. The van der Waals surface area contributed by atoms with Crippen molar-refractivity contribution in [3.63, 3.8) is 0 Å². The van der Waals surface area contributed by atoms with Crippen LogP contribution in [0.3, 0.4) is 0 Å². The largest absolute Gasteiger partial charge is 0.391 e. The molecule has 0 radical (unpaired) electrons. The van der Waals surface area contributed by atoms with Crippen molar-refractivity contribution in [1.82, 2.24) is 14.5 Å². The Labute approximate surface area is 116 Å². The number of likely N-dealkylation sites (N-methyl/N-ethyl adjacent to an activating group) is 1. The van der Waals surface area contributed by atoms with Crippen LogP contribution in [0.5, 0.6) is 0 Å². The van der Waals surface area contributed by atoms with Crippen LogP contribution >= 0.6 is 0 Å². The fourth-order valence-corrected chi connectivity index (χ4v) is 3.66. The lowest BCUT2D eigenvalue weighted by Gasteiger charge is -2.44. The highest BCUT2D eigenvalue weighted by Crippen LogP contribution is 2.39. The molecule has 1 aromatic rings. The molecule has 2 rings (SSSR count). The van der Waals surface area contributed by atoms with Crippen molar-refractivity contribution < 1.29 is 5.11 Å². The Balaban J connectivity index is 2.17. The van der Waals surface area contributed by atoms with Crippen LogP contribution in [-0.2, 0) is 13.5 Å². The molecule has 1 saturated carbocycles. The molecular weight excluding hydrogens is 238 g/mol. The van der Waals surface area contributed by atoms with Gasteiger partial charge >= 0.3 is 0 Å². The van der Waals surface area contributed by atoms with Crippen molar-refractivity contribution >= 4 is 0 Å². The Kier molecular flexibility index (Phi) is 4.63. The molecule has 1 aromatic heterocycles. The number of rotatable bonds is 6. The first kappa shape index (κ1) is 14.5. The van der Waals surface area contributed by atoms with Crippen LogP contribution in [0.1, 0.15) is 45.4 Å². The number of hydrogen-bond donors (Lipinski definition) is 1. The van der Waals surface area contributed by atoms with E-state index in [9.17, 15) is 5.11 Å². The second-order valence-electron chi connectivity index (χ2n) is 5.66. The van der Waals surface area contributed by atoms with E-state index in [0.717, 1.165) is 31.8 Å². The van der Waals surface area contributed by atoms with E-state index < -0.39 is 0 Å². The third-order valence-electron chi connectivity index (χ3n) is 4.78. The van der Waals surface area contributed by atoms with Gasteiger partial charge in [-0.15, -0.1) is 0 Å². The molecule has 1 aliphatic rings. The van der Waals surface area contributed by atoms with Gasteiger partial charge in [-0.3, -0.25) is 4.90 Å². The van der Waals surface area contributed by atoms with Crippen LogP contribution < -0.4 is 0 Å². The molecule has 0 aliphatic heterocycles. The van der Waals surface area contributed by atoms with Crippen molar-refractivity contribution in [3.05, 3.63) is 18.2 Å². The zero-order valence-corrected chi connectivity index (χ0v) is 12.5. The lowest BCUT2D eigenvalue weighted by atomic mass is 9.86. The molecule has 0 aromatic carbocycles. The van der Waals surface area contributed by atoms with Crippen molar-refractivity contribution in [2.45, 2.75) is 57.6 Å². The SMILES string of the molecule is CCN(CC)C1(C(O)Cc2nccn2C)CCCC1. The van der Waals surface area contributed by atoms with Gasteiger partial charge in [-0.05, 0) is 25.9 Å². The fourth-order valence-electron chi connectivity index (χ4n) is 3.66. The normalized spacial score (nSPS) is 20.1. The lowest BCUT2D eigenvalue weighted by Crippen LogP contribution is -2.55. The second kappa shape index (κ2) is 6.06. The van der Waals surface area contributed by atoms with Gasteiger partial charge in [0.2, 0.25) is 0 Å². The van der Waals surface area contributed by atoms with Crippen molar-refractivity contribution in [2.75, 3.05) is 13.1 Å². The molecule has 1 N–H and O–H groups in total. The monoisotopic (exact) mass is 265 g/mol. The van der Waals surface area contributed by atoms with Gasteiger partial charge in [-0.25, -0.2) is 4.98 Å². The average molecular weight is 265 g/mol. The highest BCUT2D eigenvalue weighted by molar-refractivity contribution is 5.04. The molecule has 108 valence electrons. The molecule has 4 nitrogen and oxygen atoms in total. The molecular formula is C15H27N3O. The van der Waals surface area contributed by atoms with Gasteiger partial charge in [0, 0.05) is 31.4 Å². The minimum absolute atomic E-state index is 0.0323. The molecule has 0 bridgehead atoms. The minimum Gasteiger partial charge on any atom is -0.391 e. The Hall–Kier alpha value is -0.870. The Bertz CT molecular complexity index is 392. The number of hydrogen-bond acceptors (Lipinski definition) is 3. The maximum atomic E-state index is 10.8. The molecule has 0 spiro atoms. The molecule has 1 heterocycles. The lowest BCUT2D eigenvalue weighted by molar-refractivity contribution is -0.0256. The van der Waals surface area contributed by atoms with E-state index in [1.165, 1.54) is 12.8 Å². The average Bonchev–Trinajstić information content (AvgIpc) is 3.02. The summed E-state index contributed by atoms with van der Waals surface area (Å²) < 4.78 is 2.01. The van der Waals surface area contributed by atoms with E-state index in [0.29, 0.717) is 6.42 Å². The van der Waals surface area contributed by atoms with Gasteiger partial charge in [0.25, 0.3) is 0 Å². The summed E-state index contributed by atoms with van der Waals surface area (Å²) in [7, 11) is 1.99. The minimum atomic E-state index is -0.323. The van der Waals surface area contributed by atoms with Crippen LogP contribution in [0.15, 0.2) is 12.4 Å². The maximum Gasteiger partial charge on any atom is 0.111 e. The van der Waals surface area contributed by atoms with Crippen LogP contribution in [0, 0.1) is 0 Å². The zero-order valence-electron chi connectivity index (χ0n) is 12.5. The van der Waals surface area contributed by atoms with Crippen LogP contribution in [0.4, 0.5) is 0 Å². The van der Waals surface area contributed by atoms with Gasteiger partial charge in [0.1, 0.15) is 5.82 Å². The Morgan fingerprint density at radius 1 is 1.37 bits per heavy atom. The smallest absolute Gasteiger partial charge is 0.111 e.